The number of pyridine rings is 1. The average Bonchev–Trinajstić information content (AvgIpc) is 3.31. The number of fused-ring (bicyclic) bond motifs is 1. The molecule has 1 atom stereocenters. The number of aliphatic carboxylic acids is 1. The molecular formula is C24H33F3N6O3. The highest BCUT2D eigenvalue weighted by molar-refractivity contribution is 5.94. The molecule has 2 aliphatic heterocycles. The number of carboxylic acid groups (broad SMARTS) is 1. The van der Waals surface area contributed by atoms with Gasteiger partial charge in [0, 0.05) is 51.5 Å². The molecule has 0 bridgehead atoms. The second-order valence-electron chi connectivity index (χ2n) is 10.1. The SMILES string of the molecule is CC(C)N1CCN(CC2CC2)CC1c1nnc2ccc(C(=O)N3CCCC3)cn12.O=C(O)C(F)(F)F. The first-order valence-corrected chi connectivity index (χ1v) is 12.5. The summed E-state index contributed by atoms with van der Waals surface area (Å²) >= 11 is 0. The van der Waals surface area contributed by atoms with Crippen molar-refractivity contribution >= 4 is 17.5 Å². The fourth-order valence-corrected chi connectivity index (χ4v) is 4.90. The Morgan fingerprint density at radius 3 is 2.33 bits per heavy atom. The number of carbonyl (C=O) groups is 2. The Morgan fingerprint density at radius 1 is 1.08 bits per heavy atom. The van der Waals surface area contributed by atoms with Gasteiger partial charge in [0.15, 0.2) is 11.5 Å². The van der Waals surface area contributed by atoms with E-state index in [1.54, 1.807) is 0 Å². The summed E-state index contributed by atoms with van der Waals surface area (Å²) in [5.41, 5.74) is 1.56. The molecule has 198 valence electrons. The van der Waals surface area contributed by atoms with Crippen LogP contribution in [0.1, 0.15) is 61.8 Å². The molecule has 3 aliphatic rings. The van der Waals surface area contributed by atoms with Crippen molar-refractivity contribution in [3.8, 4) is 0 Å². The third kappa shape index (κ3) is 6.15. The van der Waals surface area contributed by atoms with Crippen LogP contribution in [0.5, 0.6) is 0 Å². The molecule has 36 heavy (non-hydrogen) atoms. The minimum Gasteiger partial charge on any atom is -0.475 e. The van der Waals surface area contributed by atoms with Crippen LogP contribution < -0.4 is 0 Å². The van der Waals surface area contributed by atoms with Crippen LogP contribution in [0.15, 0.2) is 18.3 Å². The predicted molar refractivity (Wildman–Crippen MR) is 126 cm³/mol. The Kier molecular flexibility index (Phi) is 7.84. The van der Waals surface area contributed by atoms with Gasteiger partial charge in [-0.15, -0.1) is 10.2 Å². The van der Waals surface area contributed by atoms with Gasteiger partial charge in [0.2, 0.25) is 0 Å². The summed E-state index contributed by atoms with van der Waals surface area (Å²) in [4.78, 5) is 28.9. The summed E-state index contributed by atoms with van der Waals surface area (Å²) < 4.78 is 33.8. The number of aromatic nitrogens is 3. The lowest BCUT2D eigenvalue weighted by molar-refractivity contribution is -0.192. The molecule has 1 saturated carbocycles. The number of halogens is 3. The van der Waals surface area contributed by atoms with Crippen molar-refractivity contribution in [1.82, 2.24) is 29.3 Å². The Bertz CT molecular complexity index is 1080. The monoisotopic (exact) mass is 510 g/mol. The first-order chi connectivity index (χ1) is 17.0. The van der Waals surface area contributed by atoms with E-state index >= 15 is 0 Å². The number of amides is 1. The van der Waals surface area contributed by atoms with E-state index in [0.29, 0.717) is 6.04 Å². The van der Waals surface area contributed by atoms with Crippen molar-refractivity contribution < 1.29 is 27.9 Å². The summed E-state index contributed by atoms with van der Waals surface area (Å²) in [6.07, 6.45) is 1.85. The highest BCUT2D eigenvalue weighted by Crippen LogP contribution is 2.33. The van der Waals surface area contributed by atoms with Gasteiger partial charge in [0.1, 0.15) is 0 Å². The zero-order valence-electron chi connectivity index (χ0n) is 20.6. The minimum atomic E-state index is -5.08. The zero-order valence-corrected chi connectivity index (χ0v) is 20.6. The van der Waals surface area contributed by atoms with E-state index in [-0.39, 0.29) is 11.9 Å². The number of rotatable bonds is 5. The van der Waals surface area contributed by atoms with Crippen molar-refractivity contribution in [3.63, 3.8) is 0 Å². The van der Waals surface area contributed by atoms with Crippen LogP contribution in [0.3, 0.4) is 0 Å². The van der Waals surface area contributed by atoms with Crippen LogP contribution in [0.25, 0.3) is 5.65 Å². The van der Waals surface area contributed by atoms with Gasteiger partial charge in [-0.2, -0.15) is 13.2 Å². The van der Waals surface area contributed by atoms with Crippen molar-refractivity contribution in [2.75, 3.05) is 39.3 Å². The van der Waals surface area contributed by atoms with E-state index in [4.69, 9.17) is 9.90 Å². The maximum absolute atomic E-state index is 12.9. The Balaban J connectivity index is 0.000000384. The summed E-state index contributed by atoms with van der Waals surface area (Å²) in [5, 5.41) is 16.2. The third-order valence-electron chi connectivity index (χ3n) is 6.99. The van der Waals surface area contributed by atoms with E-state index in [2.05, 4.69) is 38.2 Å². The maximum Gasteiger partial charge on any atom is 0.490 e. The number of hydrogen-bond donors (Lipinski definition) is 1. The number of hydrogen-bond acceptors (Lipinski definition) is 6. The molecule has 1 N–H and O–H groups in total. The number of piperazine rings is 1. The van der Waals surface area contributed by atoms with E-state index < -0.39 is 12.1 Å². The molecule has 2 saturated heterocycles. The second-order valence-corrected chi connectivity index (χ2v) is 10.1. The molecule has 5 rings (SSSR count). The largest absolute Gasteiger partial charge is 0.490 e. The van der Waals surface area contributed by atoms with E-state index in [1.165, 1.54) is 19.4 Å². The van der Waals surface area contributed by atoms with Gasteiger partial charge in [0.25, 0.3) is 5.91 Å². The highest BCUT2D eigenvalue weighted by atomic mass is 19.4. The summed E-state index contributed by atoms with van der Waals surface area (Å²) in [7, 11) is 0. The van der Waals surface area contributed by atoms with Crippen molar-refractivity contribution in [2.45, 2.75) is 57.8 Å². The fourth-order valence-electron chi connectivity index (χ4n) is 4.90. The Hall–Kier alpha value is -2.73. The van der Waals surface area contributed by atoms with Crippen LogP contribution in [0.2, 0.25) is 0 Å². The molecule has 3 fully saturated rings. The predicted octanol–water partition coefficient (Wildman–Crippen LogP) is 3.08. The second kappa shape index (κ2) is 10.7. The molecule has 0 aromatic carbocycles. The normalized spacial score (nSPS) is 21.6. The van der Waals surface area contributed by atoms with E-state index in [1.807, 2.05) is 23.2 Å². The third-order valence-corrected chi connectivity index (χ3v) is 6.99. The van der Waals surface area contributed by atoms with Crippen molar-refractivity contribution in [2.24, 2.45) is 5.92 Å². The summed E-state index contributed by atoms with van der Waals surface area (Å²) in [5.74, 6) is -0.775. The molecular weight excluding hydrogens is 477 g/mol. The van der Waals surface area contributed by atoms with Crippen molar-refractivity contribution in [1.29, 1.82) is 0 Å². The zero-order chi connectivity index (χ0) is 26.0. The molecule has 1 amide bonds. The smallest absolute Gasteiger partial charge is 0.475 e. The molecule has 2 aromatic rings. The highest BCUT2D eigenvalue weighted by Gasteiger charge is 2.38. The van der Waals surface area contributed by atoms with Gasteiger partial charge >= 0.3 is 12.1 Å². The standard InChI is InChI=1S/C22H32N6O.C2HF3O2/c1-16(2)27-12-11-25(13-17-5-6-17)15-19(27)21-24-23-20-8-7-18(14-28(20)21)22(29)26-9-3-4-10-26;3-2(4,5)1(6)7/h7-8,14,16-17,19H,3-6,9-13,15H2,1-2H3;(H,6,7). The molecule has 0 spiro atoms. The lowest BCUT2D eigenvalue weighted by atomic mass is 10.1. The molecule has 1 unspecified atom stereocenters. The topological polar surface area (TPSA) is 94.3 Å². The van der Waals surface area contributed by atoms with Gasteiger partial charge in [-0.25, -0.2) is 4.79 Å². The molecule has 1 aliphatic carbocycles. The quantitative estimate of drug-likeness (QED) is 0.661. The minimum absolute atomic E-state index is 0.128. The Labute approximate surface area is 207 Å². The number of carboxylic acids is 1. The number of alkyl halides is 3. The van der Waals surface area contributed by atoms with Crippen LogP contribution in [-0.4, -0.2) is 97.8 Å². The molecule has 2 aromatic heterocycles. The molecule has 0 radical (unpaired) electrons. The van der Waals surface area contributed by atoms with Gasteiger partial charge < -0.3 is 10.0 Å². The van der Waals surface area contributed by atoms with E-state index in [9.17, 15) is 18.0 Å². The first kappa shape index (κ1) is 26.3. The lowest BCUT2D eigenvalue weighted by Gasteiger charge is -2.42. The van der Waals surface area contributed by atoms with Crippen LogP contribution in [0, 0.1) is 5.92 Å². The first-order valence-electron chi connectivity index (χ1n) is 12.5. The molecule has 12 heteroatoms. The lowest BCUT2D eigenvalue weighted by Crippen LogP contribution is -2.51. The van der Waals surface area contributed by atoms with Gasteiger partial charge in [-0.1, -0.05) is 0 Å². The van der Waals surface area contributed by atoms with Gasteiger partial charge in [0.05, 0.1) is 11.6 Å². The van der Waals surface area contributed by atoms with Gasteiger partial charge in [-0.05, 0) is 57.6 Å². The van der Waals surface area contributed by atoms with Crippen LogP contribution >= 0.6 is 0 Å². The van der Waals surface area contributed by atoms with E-state index in [0.717, 1.165) is 68.5 Å². The van der Waals surface area contributed by atoms with Crippen molar-refractivity contribution in [3.05, 3.63) is 29.7 Å². The number of carbonyl (C=O) groups excluding carboxylic acids is 1. The summed E-state index contributed by atoms with van der Waals surface area (Å²) in [6, 6.07) is 4.48. The average molecular weight is 511 g/mol. The molecule has 4 heterocycles. The van der Waals surface area contributed by atoms with Gasteiger partial charge in [-0.3, -0.25) is 19.0 Å². The number of nitrogens with zero attached hydrogens (tertiary/aromatic N) is 6. The molecule has 9 nitrogen and oxygen atoms in total. The van der Waals surface area contributed by atoms with Crippen LogP contribution in [-0.2, 0) is 4.79 Å². The van der Waals surface area contributed by atoms with Crippen LogP contribution in [0.4, 0.5) is 13.2 Å². The summed E-state index contributed by atoms with van der Waals surface area (Å²) in [6.45, 7) is 10.6. The Morgan fingerprint density at radius 2 is 1.75 bits per heavy atom. The fraction of sp³-hybridized carbons (Fsp3) is 0.667. The maximum atomic E-state index is 12.9. The number of likely N-dealkylation sites (tertiary alicyclic amines) is 1.